The van der Waals surface area contributed by atoms with Crippen LogP contribution in [0.3, 0.4) is 0 Å². The number of carbonyl (C=O) groups excluding carboxylic acids is 1. The Morgan fingerprint density at radius 1 is 1.08 bits per heavy atom. The molecule has 0 atom stereocenters. The quantitative estimate of drug-likeness (QED) is 0.855. The topological polar surface area (TPSA) is 66.5 Å². The first-order valence-corrected chi connectivity index (χ1v) is 9.31. The molecule has 0 saturated heterocycles. The van der Waals surface area contributed by atoms with Crippen LogP contribution in [0.4, 0.5) is 10.1 Å². The summed E-state index contributed by atoms with van der Waals surface area (Å²) in [6, 6.07) is 10.7. The van der Waals surface area contributed by atoms with Crippen molar-refractivity contribution in [2.75, 3.05) is 18.3 Å². The second-order valence-electron chi connectivity index (χ2n) is 6.22. The number of benzene rings is 2. The summed E-state index contributed by atoms with van der Waals surface area (Å²) in [5, 5.41) is 0. The maximum absolute atomic E-state index is 12.9. The third-order valence-corrected chi connectivity index (χ3v) is 4.89. The number of hydrogen-bond donors (Lipinski definition) is 1. The molecule has 0 spiro atoms. The minimum Gasteiger partial charge on any atom is -0.341 e. The van der Waals surface area contributed by atoms with Gasteiger partial charge in [0.15, 0.2) is 0 Å². The molecule has 5 nitrogen and oxygen atoms in total. The van der Waals surface area contributed by atoms with Crippen molar-refractivity contribution in [1.29, 1.82) is 0 Å². The fourth-order valence-corrected chi connectivity index (χ4v) is 3.42. The molecule has 0 aromatic heterocycles. The van der Waals surface area contributed by atoms with Crippen LogP contribution >= 0.6 is 0 Å². The van der Waals surface area contributed by atoms with E-state index in [-0.39, 0.29) is 10.8 Å². The van der Waals surface area contributed by atoms with E-state index in [1.807, 2.05) is 13.8 Å². The van der Waals surface area contributed by atoms with Crippen LogP contribution in [0.15, 0.2) is 53.4 Å². The number of amides is 1. The lowest BCUT2D eigenvalue weighted by Gasteiger charge is -2.19. The van der Waals surface area contributed by atoms with E-state index >= 15 is 0 Å². The lowest BCUT2D eigenvalue weighted by atomic mass is 10.1. The summed E-state index contributed by atoms with van der Waals surface area (Å²) in [5.41, 5.74) is 0.806. The molecular weight excluding hydrogens is 343 g/mol. The number of hydrogen-bond acceptors (Lipinski definition) is 3. The van der Waals surface area contributed by atoms with E-state index < -0.39 is 15.8 Å². The maximum Gasteiger partial charge on any atom is 0.261 e. The van der Waals surface area contributed by atoms with Crippen molar-refractivity contribution in [3.05, 3.63) is 59.9 Å². The Morgan fingerprint density at radius 2 is 1.64 bits per heavy atom. The summed E-state index contributed by atoms with van der Waals surface area (Å²) in [4.78, 5) is 13.9. The van der Waals surface area contributed by atoms with Crippen molar-refractivity contribution in [2.24, 2.45) is 5.92 Å². The molecule has 0 aliphatic heterocycles. The molecule has 0 fully saturated rings. The Labute approximate surface area is 147 Å². The zero-order chi connectivity index (χ0) is 18.6. The van der Waals surface area contributed by atoms with Gasteiger partial charge in [0.25, 0.3) is 15.9 Å². The summed E-state index contributed by atoms with van der Waals surface area (Å²) in [6.07, 6.45) is 0. The van der Waals surface area contributed by atoms with E-state index in [9.17, 15) is 17.6 Å². The molecule has 134 valence electrons. The van der Waals surface area contributed by atoms with Crippen LogP contribution in [0.5, 0.6) is 0 Å². The minimum atomic E-state index is -3.81. The molecule has 2 aromatic carbocycles. The van der Waals surface area contributed by atoms with Crippen LogP contribution in [-0.2, 0) is 10.0 Å². The maximum atomic E-state index is 12.9. The smallest absolute Gasteiger partial charge is 0.261 e. The SMILES string of the molecule is CC(C)CN(C)C(=O)c1ccc(NS(=O)(=O)c2ccc(F)cc2)cc1. The van der Waals surface area contributed by atoms with Crippen LogP contribution in [0.2, 0.25) is 0 Å². The number of carbonyl (C=O) groups is 1. The molecule has 0 bridgehead atoms. The Kier molecular flexibility index (Phi) is 5.79. The van der Waals surface area contributed by atoms with E-state index in [1.165, 1.54) is 24.3 Å². The van der Waals surface area contributed by atoms with Gasteiger partial charge in [-0.1, -0.05) is 13.8 Å². The van der Waals surface area contributed by atoms with Crippen molar-refractivity contribution in [3.63, 3.8) is 0 Å². The van der Waals surface area contributed by atoms with Crippen LogP contribution in [0.1, 0.15) is 24.2 Å². The van der Waals surface area contributed by atoms with E-state index in [4.69, 9.17) is 0 Å². The van der Waals surface area contributed by atoms with Gasteiger partial charge in [0.1, 0.15) is 5.82 Å². The number of sulfonamides is 1. The van der Waals surface area contributed by atoms with Crippen molar-refractivity contribution in [2.45, 2.75) is 18.7 Å². The molecule has 2 aromatic rings. The summed E-state index contributed by atoms with van der Waals surface area (Å²) in [5.74, 6) is -0.273. The molecule has 0 aliphatic carbocycles. The standard InChI is InChI=1S/C18H21FN2O3S/c1-13(2)12-21(3)18(22)14-4-8-16(9-5-14)20-25(23,24)17-10-6-15(19)7-11-17/h4-11,13,20H,12H2,1-3H3. The predicted molar refractivity (Wildman–Crippen MR) is 95.4 cm³/mol. The first kappa shape index (κ1) is 18.9. The molecule has 2 rings (SSSR count). The number of anilines is 1. The lowest BCUT2D eigenvalue weighted by Crippen LogP contribution is -2.30. The fraction of sp³-hybridized carbons (Fsp3) is 0.278. The highest BCUT2D eigenvalue weighted by molar-refractivity contribution is 7.92. The highest BCUT2D eigenvalue weighted by atomic mass is 32.2. The lowest BCUT2D eigenvalue weighted by molar-refractivity contribution is 0.0779. The third kappa shape index (κ3) is 5.03. The van der Waals surface area contributed by atoms with Gasteiger partial charge >= 0.3 is 0 Å². The van der Waals surface area contributed by atoms with Gasteiger partial charge in [-0.05, 0) is 54.4 Å². The fourth-order valence-electron chi connectivity index (χ4n) is 2.36. The van der Waals surface area contributed by atoms with Gasteiger partial charge in [-0.25, -0.2) is 12.8 Å². The van der Waals surface area contributed by atoms with Crippen molar-refractivity contribution >= 4 is 21.6 Å². The van der Waals surface area contributed by atoms with Crippen LogP contribution in [0, 0.1) is 11.7 Å². The zero-order valence-electron chi connectivity index (χ0n) is 14.4. The highest BCUT2D eigenvalue weighted by Crippen LogP contribution is 2.17. The molecule has 0 saturated carbocycles. The van der Waals surface area contributed by atoms with Crippen LogP contribution in [0.25, 0.3) is 0 Å². The molecule has 1 N–H and O–H groups in total. The van der Waals surface area contributed by atoms with E-state index in [0.717, 1.165) is 12.1 Å². The van der Waals surface area contributed by atoms with Gasteiger partial charge < -0.3 is 4.90 Å². The van der Waals surface area contributed by atoms with Crippen molar-refractivity contribution in [1.82, 2.24) is 4.90 Å². The molecule has 0 aliphatic rings. The summed E-state index contributed by atoms with van der Waals surface area (Å²) in [6.45, 7) is 4.69. The van der Waals surface area contributed by atoms with Crippen LogP contribution < -0.4 is 4.72 Å². The molecular formula is C18H21FN2O3S. The molecule has 0 heterocycles. The van der Waals surface area contributed by atoms with Gasteiger partial charge in [-0.2, -0.15) is 0 Å². The summed E-state index contributed by atoms with van der Waals surface area (Å²) in [7, 11) is -2.08. The normalized spacial score (nSPS) is 11.4. The van der Waals surface area contributed by atoms with E-state index in [0.29, 0.717) is 23.7 Å². The van der Waals surface area contributed by atoms with Gasteiger partial charge in [0.2, 0.25) is 0 Å². The average molecular weight is 364 g/mol. The molecule has 7 heteroatoms. The summed E-state index contributed by atoms with van der Waals surface area (Å²) < 4.78 is 39.8. The van der Waals surface area contributed by atoms with Crippen molar-refractivity contribution in [3.8, 4) is 0 Å². The molecule has 25 heavy (non-hydrogen) atoms. The monoisotopic (exact) mass is 364 g/mol. The molecule has 0 radical (unpaired) electrons. The Hall–Kier alpha value is -2.41. The first-order valence-electron chi connectivity index (χ1n) is 7.83. The largest absolute Gasteiger partial charge is 0.341 e. The van der Waals surface area contributed by atoms with Gasteiger partial charge in [0, 0.05) is 24.8 Å². The Balaban J connectivity index is 2.12. The third-order valence-electron chi connectivity index (χ3n) is 3.49. The number of rotatable bonds is 6. The number of nitrogens with one attached hydrogen (secondary N) is 1. The minimum absolute atomic E-state index is 0.0364. The Bertz CT molecular complexity index is 832. The highest BCUT2D eigenvalue weighted by Gasteiger charge is 2.16. The number of halogens is 1. The van der Waals surface area contributed by atoms with Crippen LogP contribution in [-0.4, -0.2) is 32.8 Å². The Morgan fingerprint density at radius 3 is 2.16 bits per heavy atom. The average Bonchev–Trinajstić information content (AvgIpc) is 2.54. The zero-order valence-corrected chi connectivity index (χ0v) is 15.2. The van der Waals surface area contributed by atoms with E-state index in [2.05, 4.69) is 4.72 Å². The first-order chi connectivity index (χ1) is 11.7. The van der Waals surface area contributed by atoms with Crippen molar-refractivity contribution < 1.29 is 17.6 Å². The van der Waals surface area contributed by atoms with E-state index in [1.54, 1.807) is 24.1 Å². The molecule has 0 unspecified atom stereocenters. The second-order valence-corrected chi connectivity index (χ2v) is 7.90. The van der Waals surface area contributed by atoms with Gasteiger partial charge in [-0.15, -0.1) is 0 Å². The second kappa shape index (κ2) is 7.65. The van der Waals surface area contributed by atoms with Gasteiger partial charge in [-0.3, -0.25) is 9.52 Å². The number of nitrogens with zero attached hydrogens (tertiary/aromatic N) is 1. The predicted octanol–water partition coefficient (Wildman–Crippen LogP) is 3.35. The van der Waals surface area contributed by atoms with Gasteiger partial charge in [0.05, 0.1) is 4.90 Å². The summed E-state index contributed by atoms with van der Waals surface area (Å²) >= 11 is 0. The molecule has 1 amide bonds.